The average Bonchev–Trinajstić information content (AvgIpc) is 2.83. The lowest BCUT2D eigenvalue weighted by Crippen LogP contribution is -2.26. The first-order valence-electron chi connectivity index (χ1n) is 9.02. The molecule has 1 aliphatic heterocycles. The number of nitrogens with one attached hydrogen (secondary N) is 1. The molecule has 28 heavy (non-hydrogen) atoms. The second-order valence-electron chi connectivity index (χ2n) is 6.51. The van der Waals surface area contributed by atoms with Gasteiger partial charge in [-0.3, -0.25) is 9.59 Å². The summed E-state index contributed by atoms with van der Waals surface area (Å²) in [6, 6.07) is 16.7. The molecule has 0 saturated carbocycles. The van der Waals surface area contributed by atoms with Crippen molar-refractivity contribution < 1.29 is 9.59 Å². The van der Waals surface area contributed by atoms with E-state index in [9.17, 15) is 9.59 Å². The number of anilines is 2. The van der Waals surface area contributed by atoms with Gasteiger partial charge in [-0.2, -0.15) is 0 Å². The first-order valence-corrected chi connectivity index (χ1v) is 9.83. The highest BCUT2D eigenvalue weighted by molar-refractivity contribution is 7.99. The van der Waals surface area contributed by atoms with Crippen molar-refractivity contribution in [2.75, 3.05) is 17.3 Å². The molecule has 0 atom stereocenters. The Morgan fingerprint density at radius 3 is 2.68 bits per heavy atom. The van der Waals surface area contributed by atoms with Crippen molar-refractivity contribution in [1.29, 1.82) is 0 Å². The van der Waals surface area contributed by atoms with Gasteiger partial charge in [0.2, 0.25) is 0 Å². The number of amides is 2. The van der Waals surface area contributed by atoms with Crippen molar-refractivity contribution in [2.24, 2.45) is 0 Å². The average molecular weight is 389 g/mol. The molecule has 0 unspecified atom stereocenters. The molecule has 2 amide bonds. The van der Waals surface area contributed by atoms with Gasteiger partial charge in [-0.1, -0.05) is 30.8 Å². The molecule has 0 radical (unpaired) electrons. The molecule has 140 valence electrons. The number of carbonyl (C=O) groups is 2. The van der Waals surface area contributed by atoms with Crippen LogP contribution >= 0.6 is 11.8 Å². The third kappa shape index (κ3) is 3.39. The first kappa shape index (κ1) is 18.3. The van der Waals surface area contributed by atoms with Gasteiger partial charge >= 0.3 is 0 Å². The fourth-order valence-corrected chi connectivity index (χ4v) is 4.16. The second kappa shape index (κ2) is 7.48. The molecule has 2 heterocycles. The van der Waals surface area contributed by atoms with Gasteiger partial charge in [0.25, 0.3) is 11.8 Å². The summed E-state index contributed by atoms with van der Waals surface area (Å²) in [6.45, 7) is 2.08. The number of aromatic nitrogens is 1. The van der Waals surface area contributed by atoms with Crippen molar-refractivity contribution in [3.63, 3.8) is 0 Å². The second-order valence-corrected chi connectivity index (χ2v) is 7.54. The van der Waals surface area contributed by atoms with Gasteiger partial charge in [-0.05, 0) is 54.4 Å². The van der Waals surface area contributed by atoms with E-state index in [0.717, 1.165) is 17.0 Å². The molecule has 3 aromatic rings. The first-order chi connectivity index (χ1) is 13.6. The summed E-state index contributed by atoms with van der Waals surface area (Å²) in [5.41, 5.74) is 3.85. The van der Waals surface area contributed by atoms with Gasteiger partial charge in [0, 0.05) is 29.4 Å². The fraction of sp³-hybridized carbons (Fsp3) is 0.136. The van der Waals surface area contributed by atoms with Crippen LogP contribution in [-0.2, 0) is 6.42 Å². The maximum absolute atomic E-state index is 12.7. The lowest BCUT2D eigenvalue weighted by Gasteiger charge is -2.18. The Morgan fingerprint density at radius 2 is 1.93 bits per heavy atom. The van der Waals surface area contributed by atoms with Crippen LogP contribution in [0.3, 0.4) is 0 Å². The van der Waals surface area contributed by atoms with Crippen LogP contribution in [0.4, 0.5) is 11.4 Å². The number of fused-ring (bicyclic) bond motifs is 2. The van der Waals surface area contributed by atoms with Gasteiger partial charge in [0.15, 0.2) is 0 Å². The minimum atomic E-state index is -0.163. The van der Waals surface area contributed by atoms with Gasteiger partial charge in [0.05, 0.1) is 11.3 Å². The van der Waals surface area contributed by atoms with Crippen LogP contribution in [0.2, 0.25) is 0 Å². The van der Waals surface area contributed by atoms with E-state index in [-0.39, 0.29) is 11.8 Å². The number of rotatable bonds is 3. The molecule has 0 spiro atoms. The Balaban J connectivity index is 1.63. The van der Waals surface area contributed by atoms with Crippen LogP contribution in [0.5, 0.6) is 0 Å². The van der Waals surface area contributed by atoms with Crippen LogP contribution < -0.4 is 10.2 Å². The van der Waals surface area contributed by atoms with Crippen molar-refractivity contribution in [3.8, 4) is 0 Å². The Bertz CT molecular complexity index is 1060. The van der Waals surface area contributed by atoms with Gasteiger partial charge < -0.3 is 10.2 Å². The molecule has 1 aromatic heterocycles. The van der Waals surface area contributed by atoms with E-state index in [2.05, 4.69) is 17.2 Å². The van der Waals surface area contributed by atoms with E-state index >= 15 is 0 Å². The standard InChI is InChI=1S/C22H19N3O2S/c1-3-14-6-8-15(9-7-14)20(26)24-16-10-11-18-19(13-16)28-21-17(5-4-12-23-21)22(27)25(18)2/h4-13H,3H2,1-2H3,(H,24,26). The van der Waals surface area contributed by atoms with Gasteiger partial charge in [-0.25, -0.2) is 4.98 Å². The molecule has 6 heteroatoms. The molecule has 0 aliphatic carbocycles. The molecule has 0 fully saturated rings. The summed E-state index contributed by atoms with van der Waals surface area (Å²) in [7, 11) is 1.75. The van der Waals surface area contributed by atoms with Crippen LogP contribution in [0.1, 0.15) is 33.2 Å². The molecule has 5 nitrogen and oxygen atoms in total. The lowest BCUT2D eigenvalue weighted by molar-refractivity contribution is 0.0987. The third-order valence-corrected chi connectivity index (χ3v) is 5.78. The molecule has 1 N–H and O–H groups in total. The van der Waals surface area contributed by atoms with E-state index < -0.39 is 0 Å². The Hall–Kier alpha value is -3.12. The number of benzene rings is 2. The van der Waals surface area contributed by atoms with Crippen LogP contribution in [0, 0.1) is 0 Å². The monoisotopic (exact) mass is 389 g/mol. The predicted molar refractivity (Wildman–Crippen MR) is 111 cm³/mol. The molecular formula is C22H19N3O2S. The van der Waals surface area contributed by atoms with E-state index in [1.54, 1.807) is 30.3 Å². The number of pyridine rings is 1. The summed E-state index contributed by atoms with van der Waals surface area (Å²) in [5, 5.41) is 3.60. The van der Waals surface area contributed by atoms with E-state index in [0.29, 0.717) is 21.8 Å². The zero-order chi connectivity index (χ0) is 19.7. The maximum atomic E-state index is 12.7. The maximum Gasteiger partial charge on any atom is 0.260 e. The molecule has 4 rings (SSSR count). The van der Waals surface area contributed by atoms with E-state index in [1.807, 2.05) is 42.5 Å². The van der Waals surface area contributed by atoms with E-state index in [1.165, 1.54) is 17.3 Å². The smallest absolute Gasteiger partial charge is 0.260 e. The van der Waals surface area contributed by atoms with Crippen molar-refractivity contribution in [3.05, 3.63) is 77.5 Å². The highest BCUT2D eigenvalue weighted by atomic mass is 32.2. The molecule has 0 bridgehead atoms. The highest BCUT2D eigenvalue weighted by Gasteiger charge is 2.25. The highest BCUT2D eigenvalue weighted by Crippen LogP contribution is 2.41. The Kier molecular flexibility index (Phi) is 4.88. The van der Waals surface area contributed by atoms with Crippen molar-refractivity contribution >= 4 is 35.0 Å². The number of hydrogen-bond donors (Lipinski definition) is 1. The zero-order valence-corrected chi connectivity index (χ0v) is 16.4. The number of nitrogens with zero attached hydrogens (tertiary/aromatic N) is 2. The largest absolute Gasteiger partial charge is 0.322 e. The summed E-state index contributed by atoms with van der Waals surface area (Å²) < 4.78 is 0. The number of aryl methyl sites for hydroxylation is 1. The van der Waals surface area contributed by atoms with E-state index in [4.69, 9.17) is 0 Å². The minimum absolute atomic E-state index is 0.0952. The van der Waals surface area contributed by atoms with Gasteiger partial charge in [0.1, 0.15) is 5.03 Å². The van der Waals surface area contributed by atoms with Crippen LogP contribution in [0.25, 0.3) is 0 Å². The Morgan fingerprint density at radius 1 is 1.14 bits per heavy atom. The summed E-state index contributed by atoms with van der Waals surface area (Å²) in [5.74, 6) is -0.258. The predicted octanol–water partition coefficient (Wildman–Crippen LogP) is 4.64. The van der Waals surface area contributed by atoms with Crippen LogP contribution in [-0.4, -0.2) is 23.8 Å². The fourth-order valence-electron chi connectivity index (χ4n) is 3.07. The molecule has 0 saturated heterocycles. The Labute approximate surface area is 167 Å². The zero-order valence-electron chi connectivity index (χ0n) is 15.6. The number of hydrogen-bond acceptors (Lipinski definition) is 4. The van der Waals surface area contributed by atoms with Crippen molar-refractivity contribution in [1.82, 2.24) is 4.98 Å². The normalized spacial score (nSPS) is 12.8. The SMILES string of the molecule is CCc1ccc(C(=O)Nc2ccc3c(c2)Sc2ncccc2C(=O)N3C)cc1. The third-order valence-electron chi connectivity index (χ3n) is 4.72. The lowest BCUT2D eigenvalue weighted by atomic mass is 10.1. The van der Waals surface area contributed by atoms with Gasteiger partial charge in [-0.15, -0.1) is 0 Å². The van der Waals surface area contributed by atoms with Crippen LogP contribution in [0.15, 0.2) is 70.7 Å². The molecule has 1 aliphatic rings. The quantitative estimate of drug-likeness (QED) is 0.709. The number of carbonyl (C=O) groups excluding carboxylic acids is 2. The minimum Gasteiger partial charge on any atom is -0.322 e. The summed E-state index contributed by atoms with van der Waals surface area (Å²) in [4.78, 5) is 32.1. The topological polar surface area (TPSA) is 62.3 Å². The summed E-state index contributed by atoms with van der Waals surface area (Å²) >= 11 is 1.43. The van der Waals surface area contributed by atoms with Crippen molar-refractivity contribution in [2.45, 2.75) is 23.3 Å². The molecule has 2 aromatic carbocycles. The summed E-state index contributed by atoms with van der Waals surface area (Å²) in [6.07, 6.45) is 2.61. The molecular weight excluding hydrogens is 370 g/mol.